The first-order valence-corrected chi connectivity index (χ1v) is 7.03. The van der Waals surface area contributed by atoms with Gasteiger partial charge in [-0.3, -0.25) is 4.90 Å². The molecule has 1 aliphatic rings. The van der Waals surface area contributed by atoms with Gasteiger partial charge >= 0.3 is 0 Å². The lowest BCUT2D eigenvalue weighted by molar-refractivity contribution is 0.185. The first kappa shape index (κ1) is 11.8. The average molecular weight is 264 g/mol. The second-order valence-corrected chi connectivity index (χ2v) is 5.56. The Balaban J connectivity index is 1.66. The number of aromatic nitrogens is 2. The Morgan fingerprint density at radius 2 is 2.44 bits per heavy atom. The molecule has 0 aromatic carbocycles. The highest BCUT2D eigenvalue weighted by atomic mass is 32.1. The minimum absolute atomic E-state index is 0.276. The Hall–Kier alpha value is -1.24. The highest BCUT2D eigenvalue weighted by molar-refractivity contribution is 7.13. The summed E-state index contributed by atoms with van der Waals surface area (Å²) in [6.07, 6.45) is 2.26. The zero-order valence-electron chi connectivity index (χ0n) is 10.1. The Kier molecular flexibility index (Phi) is 3.40. The van der Waals surface area contributed by atoms with Gasteiger partial charge in [0.15, 0.2) is 0 Å². The normalized spacial score (nSPS) is 21.3. The van der Waals surface area contributed by atoms with Crippen LogP contribution in [-0.4, -0.2) is 34.2 Å². The standard InChI is InChI=1S/C12H16N4OS/c13-9-3-1-5-16(7-9)8-11-14-15-12(17-11)10-4-2-6-18-10/h2,4,6,9H,1,3,5,7-8,13H2. The lowest BCUT2D eigenvalue weighted by atomic mass is 10.1. The van der Waals surface area contributed by atoms with Crippen molar-refractivity contribution in [3.63, 3.8) is 0 Å². The third kappa shape index (κ3) is 2.60. The van der Waals surface area contributed by atoms with Gasteiger partial charge in [-0.05, 0) is 30.8 Å². The number of piperidine rings is 1. The van der Waals surface area contributed by atoms with E-state index in [1.807, 2.05) is 17.5 Å². The fourth-order valence-electron chi connectivity index (χ4n) is 2.24. The fraction of sp³-hybridized carbons (Fsp3) is 0.500. The number of hydrogen-bond donors (Lipinski definition) is 1. The molecule has 5 nitrogen and oxygen atoms in total. The van der Waals surface area contributed by atoms with E-state index in [9.17, 15) is 0 Å². The largest absolute Gasteiger partial charge is 0.419 e. The summed E-state index contributed by atoms with van der Waals surface area (Å²) in [5, 5.41) is 10.2. The predicted octanol–water partition coefficient (Wildman–Crippen LogP) is 1.72. The van der Waals surface area contributed by atoms with E-state index in [4.69, 9.17) is 10.2 Å². The van der Waals surface area contributed by atoms with Crippen LogP contribution in [0.1, 0.15) is 18.7 Å². The van der Waals surface area contributed by atoms with Crippen LogP contribution in [0, 0.1) is 0 Å². The highest BCUT2D eigenvalue weighted by Gasteiger charge is 2.19. The van der Waals surface area contributed by atoms with Crippen molar-refractivity contribution in [2.45, 2.75) is 25.4 Å². The molecule has 0 amide bonds. The Morgan fingerprint density at radius 1 is 1.50 bits per heavy atom. The summed E-state index contributed by atoms with van der Waals surface area (Å²) in [5.74, 6) is 1.29. The van der Waals surface area contributed by atoms with E-state index in [0.717, 1.165) is 30.8 Å². The fourth-order valence-corrected chi connectivity index (χ4v) is 2.89. The highest BCUT2D eigenvalue weighted by Crippen LogP contribution is 2.23. The smallest absolute Gasteiger partial charge is 0.257 e. The van der Waals surface area contributed by atoms with Crippen LogP contribution in [0.2, 0.25) is 0 Å². The predicted molar refractivity (Wildman–Crippen MR) is 70.1 cm³/mol. The van der Waals surface area contributed by atoms with Crippen LogP contribution in [0.4, 0.5) is 0 Å². The molecule has 1 atom stereocenters. The molecule has 1 aliphatic heterocycles. The van der Waals surface area contributed by atoms with Crippen molar-refractivity contribution in [3.8, 4) is 10.8 Å². The molecule has 6 heteroatoms. The van der Waals surface area contributed by atoms with E-state index in [1.165, 1.54) is 0 Å². The third-order valence-electron chi connectivity index (χ3n) is 3.10. The maximum Gasteiger partial charge on any atom is 0.257 e. The van der Waals surface area contributed by atoms with Gasteiger partial charge in [-0.1, -0.05) is 6.07 Å². The van der Waals surface area contributed by atoms with E-state index in [-0.39, 0.29) is 6.04 Å². The molecule has 1 fully saturated rings. The zero-order valence-corrected chi connectivity index (χ0v) is 10.9. The van der Waals surface area contributed by atoms with Crippen molar-refractivity contribution in [1.29, 1.82) is 0 Å². The van der Waals surface area contributed by atoms with Crippen molar-refractivity contribution in [1.82, 2.24) is 15.1 Å². The molecule has 2 aromatic heterocycles. The summed E-state index contributed by atoms with van der Waals surface area (Å²) in [4.78, 5) is 3.30. The molecule has 0 bridgehead atoms. The van der Waals surface area contributed by atoms with Crippen LogP contribution in [0.5, 0.6) is 0 Å². The number of nitrogens with two attached hydrogens (primary N) is 1. The molecule has 18 heavy (non-hydrogen) atoms. The van der Waals surface area contributed by atoms with Crippen LogP contribution in [-0.2, 0) is 6.54 Å². The van der Waals surface area contributed by atoms with Gasteiger partial charge in [0.05, 0.1) is 11.4 Å². The van der Waals surface area contributed by atoms with Crippen LogP contribution >= 0.6 is 11.3 Å². The summed E-state index contributed by atoms with van der Waals surface area (Å²) in [6.45, 7) is 2.67. The molecule has 2 aromatic rings. The number of hydrogen-bond acceptors (Lipinski definition) is 6. The summed E-state index contributed by atoms with van der Waals surface area (Å²) in [7, 11) is 0. The summed E-state index contributed by atoms with van der Waals surface area (Å²) < 4.78 is 5.67. The number of thiophene rings is 1. The minimum atomic E-state index is 0.276. The third-order valence-corrected chi connectivity index (χ3v) is 3.96. The molecule has 3 heterocycles. The van der Waals surface area contributed by atoms with Crippen molar-refractivity contribution in [2.24, 2.45) is 5.73 Å². The van der Waals surface area contributed by atoms with Gasteiger partial charge in [0.2, 0.25) is 5.89 Å². The van der Waals surface area contributed by atoms with Crippen molar-refractivity contribution in [3.05, 3.63) is 23.4 Å². The maximum atomic E-state index is 5.95. The molecule has 96 valence electrons. The quantitative estimate of drug-likeness (QED) is 0.914. The molecular formula is C12H16N4OS. The number of likely N-dealkylation sites (tertiary alicyclic amines) is 1. The average Bonchev–Trinajstić information content (AvgIpc) is 2.98. The van der Waals surface area contributed by atoms with Gasteiger partial charge < -0.3 is 10.2 Å². The van der Waals surface area contributed by atoms with Crippen LogP contribution in [0.3, 0.4) is 0 Å². The minimum Gasteiger partial charge on any atom is -0.419 e. The molecule has 3 rings (SSSR count). The molecule has 0 spiro atoms. The van der Waals surface area contributed by atoms with Gasteiger partial charge in [-0.2, -0.15) is 0 Å². The zero-order chi connectivity index (χ0) is 12.4. The Labute approximate surface area is 110 Å². The second kappa shape index (κ2) is 5.17. The topological polar surface area (TPSA) is 68.2 Å². The molecular weight excluding hydrogens is 248 g/mol. The Bertz CT molecular complexity index is 496. The molecule has 1 saturated heterocycles. The van der Waals surface area contributed by atoms with E-state index in [2.05, 4.69) is 15.1 Å². The van der Waals surface area contributed by atoms with E-state index >= 15 is 0 Å². The number of nitrogens with zero attached hydrogens (tertiary/aromatic N) is 3. The molecule has 0 radical (unpaired) electrons. The first-order valence-electron chi connectivity index (χ1n) is 6.15. The van der Waals surface area contributed by atoms with Gasteiger partial charge in [0.25, 0.3) is 5.89 Å². The SMILES string of the molecule is NC1CCCN(Cc2nnc(-c3cccs3)o2)C1. The van der Waals surface area contributed by atoms with Crippen molar-refractivity contribution in [2.75, 3.05) is 13.1 Å². The summed E-state index contributed by atoms with van der Waals surface area (Å²) in [6, 6.07) is 4.24. The van der Waals surface area contributed by atoms with Crippen LogP contribution < -0.4 is 5.73 Å². The van der Waals surface area contributed by atoms with Crippen LogP contribution in [0.25, 0.3) is 10.8 Å². The first-order chi connectivity index (χ1) is 8.81. The van der Waals surface area contributed by atoms with E-state index in [1.54, 1.807) is 11.3 Å². The maximum absolute atomic E-state index is 5.95. The molecule has 0 aliphatic carbocycles. The van der Waals surface area contributed by atoms with Crippen molar-refractivity contribution < 1.29 is 4.42 Å². The van der Waals surface area contributed by atoms with Crippen LogP contribution in [0.15, 0.2) is 21.9 Å². The molecule has 0 saturated carbocycles. The van der Waals surface area contributed by atoms with E-state index < -0.39 is 0 Å². The summed E-state index contributed by atoms with van der Waals surface area (Å²) in [5.41, 5.74) is 5.95. The van der Waals surface area contributed by atoms with Gasteiger partial charge in [-0.25, -0.2) is 0 Å². The second-order valence-electron chi connectivity index (χ2n) is 4.62. The lowest BCUT2D eigenvalue weighted by Gasteiger charge is -2.29. The van der Waals surface area contributed by atoms with Gasteiger partial charge in [-0.15, -0.1) is 21.5 Å². The molecule has 1 unspecified atom stereocenters. The van der Waals surface area contributed by atoms with Gasteiger partial charge in [0.1, 0.15) is 0 Å². The van der Waals surface area contributed by atoms with Crippen molar-refractivity contribution >= 4 is 11.3 Å². The monoisotopic (exact) mass is 264 g/mol. The van der Waals surface area contributed by atoms with E-state index in [0.29, 0.717) is 18.3 Å². The summed E-state index contributed by atoms with van der Waals surface area (Å²) >= 11 is 1.61. The van der Waals surface area contributed by atoms with Gasteiger partial charge in [0, 0.05) is 12.6 Å². The lowest BCUT2D eigenvalue weighted by Crippen LogP contribution is -2.42. The Morgan fingerprint density at radius 3 is 3.22 bits per heavy atom. The number of rotatable bonds is 3. The molecule has 2 N–H and O–H groups in total.